The Balaban J connectivity index is 2.00. The maximum atomic E-state index is 13.8. The number of hydrogen-bond acceptors (Lipinski definition) is 4. The van der Waals surface area contributed by atoms with Crippen molar-refractivity contribution in [1.29, 1.82) is 0 Å². The van der Waals surface area contributed by atoms with Crippen molar-refractivity contribution in [3.05, 3.63) is 89.5 Å². The fourth-order valence-corrected chi connectivity index (χ4v) is 4.19. The van der Waals surface area contributed by atoms with Gasteiger partial charge in [0.05, 0.1) is 13.2 Å². The first-order valence-corrected chi connectivity index (χ1v) is 12.3. The standard InChI is InChI=1S/C30H37N3O3/c1-21(2)18-29(34)31-26-14-17-28(32(4)5)25(19-26)20-33(22(3)23-10-8-7-9-11-23)30(35)24-12-15-27(36-6)16-13-24/h7-17,19,21-22H,18,20H2,1-6H3,(H,31,34)/t22-/m0/s1. The van der Waals surface area contributed by atoms with Crippen LogP contribution in [0.1, 0.15) is 54.7 Å². The molecule has 190 valence electrons. The van der Waals surface area contributed by atoms with Gasteiger partial charge in [-0.1, -0.05) is 44.2 Å². The van der Waals surface area contributed by atoms with Crippen molar-refractivity contribution in [2.24, 2.45) is 5.92 Å². The average Bonchev–Trinajstić information content (AvgIpc) is 2.86. The first-order chi connectivity index (χ1) is 17.2. The van der Waals surface area contributed by atoms with E-state index in [1.54, 1.807) is 31.4 Å². The van der Waals surface area contributed by atoms with Crippen LogP contribution in [0.3, 0.4) is 0 Å². The van der Waals surface area contributed by atoms with Gasteiger partial charge in [0, 0.05) is 44.0 Å². The predicted molar refractivity (Wildman–Crippen MR) is 147 cm³/mol. The predicted octanol–water partition coefficient (Wildman–Crippen LogP) is 6.15. The molecule has 0 aromatic heterocycles. The molecule has 0 saturated carbocycles. The first-order valence-electron chi connectivity index (χ1n) is 12.3. The summed E-state index contributed by atoms with van der Waals surface area (Å²) in [5.41, 5.74) is 4.31. The third kappa shape index (κ3) is 6.87. The van der Waals surface area contributed by atoms with Crippen molar-refractivity contribution in [3.63, 3.8) is 0 Å². The molecule has 3 aromatic carbocycles. The van der Waals surface area contributed by atoms with Gasteiger partial charge in [0.2, 0.25) is 5.91 Å². The Kier molecular flexibility index (Phi) is 9.12. The maximum absolute atomic E-state index is 13.8. The van der Waals surface area contributed by atoms with Crippen LogP contribution in [-0.2, 0) is 11.3 Å². The van der Waals surface area contributed by atoms with Crippen molar-refractivity contribution in [3.8, 4) is 5.75 Å². The van der Waals surface area contributed by atoms with Gasteiger partial charge >= 0.3 is 0 Å². The molecule has 0 fully saturated rings. The normalized spacial score (nSPS) is 11.6. The number of carbonyl (C=O) groups is 2. The molecule has 2 amide bonds. The van der Waals surface area contributed by atoms with Gasteiger partial charge in [-0.2, -0.15) is 0 Å². The van der Waals surface area contributed by atoms with E-state index in [0.29, 0.717) is 24.3 Å². The zero-order valence-corrected chi connectivity index (χ0v) is 22.1. The largest absolute Gasteiger partial charge is 0.497 e. The Hall–Kier alpha value is -3.80. The molecular weight excluding hydrogens is 450 g/mol. The molecule has 0 aliphatic carbocycles. The minimum Gasteiger partial charge on any atom is -0.497 e. The lowest BCUT2D eigenvalue weighted by Crippen LogP contribution is -2.33. The number of nitrogens with one attached hydrogen (secondary N) is 1. The van der Waals surface area contributed by atoms with Crippen molar-refractivity contribution < 1.29 is 14.3 Å². The van der Waals surface area contributed by atoms with Crippen LogP contribution in [0.4, 0.5) is 11.4 Å². The summed E-state index contributed by atoms with van der Waals surface area (Å²) < 4.78 is 5.27. The molecule has 0 aliphatic rings. The summed E-state index contributed by atoms with van der Waals surface area (Å²) in [6.07, 6.45) is 0.456. The average molecular weight is 488 g/mol. The van der Waals surface area contributed by atoms with E-state index in [-0.39, 0.29) is 23.8 Å². The van der Waals surface area contributed by atoms with E-state index >= 15 is 0 Å². The third-order valence-corrected chi connectivity index (χ3v) is 6.13. The van der Waals surface area contributed by atoms with Crippen LogP contribution >= 0.6 is 0 Å². The van der Waals surface area contributed by atoms with Crippen LogP contribution in [0.25, 0.3) is 0 Å². The number of methoxy groups -OCH3 is 1. The quantitative estimate of drug-likeness (QED) is 0.373. The molecule has 6 heteroatoms. The molecule has 6 nitrogen and oxygen atoms in total. The zero-order valence-electron chi connectivity index (χ0n) is 22.1. The lowest BCUT2D eigenvalue weighted by Gasteiger charge is -2.32. The van der Waals surface area contributed by atoms with Gasteiger partial charge in [0.15, 0.2) is 0 Å². The van der Waals surface area contributed by atoms with E-state index in [1.807, 2.05) is 93.2 Å². The molecule has 0 radical (unpaired) electrons. The number of rotatable bonds is 10. The number of hydrogen-bond donors (Lipinski definition) is 1. The molecule has 0 unspecified atom stereocenters. The Morgan fingerprint density at radius 1 is 0.917 bits per heavy atom. The Morgan fingerprint density at radius 3 is 2.17 bits per heavy atom. The maximum Gasteiger partial charge on any atom is 0.254 e. The van der Waals surface area contributed by atoms with Crippen LogP contribution in [0.5, 0.6) is 5.75 Å². The fourth-order valence-electron chi connectivity index (χ4n) is 4.19. The molecule has 0 saturated heterocycles. The number of carbonyl (C=O) groups excluding carboxylic acids is 2. The topological polar surface area (TPSA) is 61.9 Å². The van der Waals surface area contributed by atoms with Crippen LogP contribution in [0, 0.1) is 5.92 Å². The molecule has 0 bridgehead atoms. The van der Waals surface area contributed by atoms with E-state index in [9.17, 15) is 9.59 Å². The second-order valence-corrected chi connectivity index (χ2v) is 9.63. The van der Waals surface area contributed by atoms with Gasteiger partial charge in [0.25, 0.3) is 5.91 Å². The van der Waals surface area contributed by atoms with Crippen molar-refractivity contribution >= 4 is 23.2 Å². The number of benzene rings is 3. The first kappa shape index (κ1) is 26.8. The van der Waals surface area contributed by atoms with Crippen molar-refractivity contribution in [1.82, 2.24) is 4.90 Å². The lowest BCUT2D eigenvalue weighted by molar-refractivity contribution is -0.116. The van der Waals surface area contributed by atoms with E-state index in [2.05, 4.69) is 5.32 Å². The summed E-state index contributed by atoms with van der Waals surface area (Å²) in [6, 6.07) is 22.9. The molecule has 0 spiro atoms. The van der Waals surface area contributed by atoms with Gasteiger partial charge < -0.3 is 19.9 Å². The lowest BCUT2D eigenvalue weighted by atomic mass is 10.0. The summed E-state index contributed by atoms with van der Waals surface area (Å²) in [6.45, 7) is 6.46. The highest BCUT2D eigenvalue weighted by Gasteiger charge is 2.25. The summed E-state index contributed by atoms with van der Waals surface area (Å²) in [7, 11) is 5.56. The smallest absolute Gasteiger partial charge is 0.254 e. The van der Waals surface area contributed by atoms with Crippen molar-refractivity contribution in [2.45, 2.75) is 39.8 Å². The molecule has 1 N–H and O–H groups in total. The molecule has 0 aliphatic heterocycles. The summed E-state index contributed by atoms with van der Waals surface area (Å²) in [4.78, 5) is 30.1. The molecule has 0 heterocycles. The SMILES string of the molecule is COc1ccc(C(=O)N(Cc2cc(NC(=O)CC(C)C)ccc2N(C)C)[C@@H](C)c2ccccc2)cc1. The van der Waals surface area contributed by atoms with Crippen LogP contribution in [0.2, 0.25) is 0 Å². The highest BCUT2D eigenvalue weighted by Crippen LogP contribution is 2.30. The van der Waals surface area contributed by atoms with Gasteiger partial charge in [-0.05, 0) is 66.4 Å². The monoisotopic (exact) mass is 487 g/mol. The second-order valence-electron chi connectivity index (χ2n) is 9.63. The second kappa shape index (κ2) is 12.2. The Bertz CT molecular complexity index is 1160. The molecule has 3 rings (SSSR count). The van der Waals surface area contributed by atoms with Gasteiger partial charge in [0.1, 0.15) is 5.75 Å². The van der Waals surface area contributed by atoms with Gasteiger partial charge in [-0.3, -0.25) is 9.59 Å². The number of amides is 2. The third-order valence-electron chi connectivity index (χ3n) is 6.13. The molecule has 36 heavy (non-hydrogen) atoms. The van der Waals surface area contributed by atoms with Gasteiger partial charge in [-0.15, -0.1) is 0 Å². The minimum atomic E-state index is -0.171. The molecular formula is C30H37N3O3. The Labute approximate surface area is 214 Å². The minimum absolute atomic E-state index is 0.0163. The fraction of sp³-hybridized carbons (Fsp3) is 0.333. The summed E-state index contributed by atoms with van der Waals surface area (Å²) >= 11 is 0. The number of ether oxygens (including phenoxy) is 1. The molecule has 3 aromatic rings. The highest BCUT2D eigenvalue weighted by molar-refractivity contribution is 5.95. The number of nitrogens with zero attached hydrogens (tertiary/aromatic N) is 2. The zero-order chi connectivity index (χ0) is 26.2. The highest BCUT2D eigenvalue weighted by atomic mass is 16.5. The van der Waals surface area contributed by atoms with Crippen LogP contribution in [0.15, 0.2) is 72.8 Å². The van der Waals surface area contributed by atoms with E-state index in [1.165, 1.54) is 0 Å². The Morgan fingerprint density at radius 2 is 1.58 bits per heavy atom. The van der Waals surface area contributed by atoms with E-state index < -0.39 is 0 Å². The summed E-state index contributed by atoms with van der Waals surface area (Å²) in [5.74, 6) is 0.883. The van der Waals surface area contributed by atoms with Gasteiger partial charge in [-0.25, -0.2) is 0 Å². The number of anilines is 2. The van der Waals surface area contributed by atoms with E-state index in [4.69, 9.17) is 4.74 Å². The molecule has 1 atom stereocenters. The van der Waals surface area contributed by atoms with Crippen molar-refractivity contribution in [2.75, 3.05) is 31.4 Å². The van der Waals surface area contributed by atoms with Crippen LogP contribution in [-0.4, -0.2) is 37.9 Å². The van der Waals surface area contributed by atoms with Crippen LogP contribution < -0.4 is 15.0 Å². The van der Waals surface area contributed by atoms with E-state index in [0.717, 1.165) is 22.5 Å². The summed E-state index contributed by atoms with van der Waals surface area (Å²) in [5, 5.41) is 3.01.